The number of anilines is 1. The fourth-order valence-electron chi connectivity index (χ4n) is 2.21. The van der Waals surface area contributed by atoms with Crippen LogP contribution in [0.4, 0.5) is 5.82 Å². The summed E-state index contributed by atoms with van der Waals surface area (Å²) in [6.07, 6.45) is 2.88. The molecule has 1 aromatic heterocycles. The summed E-state index contributed by atoms with van der Waals surface area (Å²) in [7, 11) is -0.368. The molecule has 110 valence electrons. The zero-order valence-corrected chi connectivity index (χ0v) is 13.4. The minimum absolute atomic E-state index is 0.331. The van der Waals surface area contributed by atoms with E-state index in [1.165, 1.54) is 0 Å². The number of aryl methyl sites for hydroxylation is 1. The van der Waals surface area contributed by atoms with Crippen LogP contribution in [0.5, 0.6) is 0 Å². The summed E-state index contributed by atoms with van der Waals surface area (Å²) in [5.41, 5.74) is 1.49. The van der Waals surface area contributed by atoms with Crippen LogP contribution in [0.15, 0.2) is 12.3 Å². The zero-order chi connectivity index (χ0) is 15.0. The van der Waals surface area contributed by atoms with Crippen LogP contribution in [0, 0.1) is 6.92 Å². The van der Waals surface area contributed by atoms with E-state index in [9.17, 15) is 0 Å². The van der Waals surface area contributed by atoms with Gasteiger partial charge < -0.3 is 14.6 Å². The third kappa shape index (κ3) is 2.70. The molecule has 0 unspecified atom stereocenters. The van der Waals surface area contributed by atoms with Crippen molar-refractivity contribution in [2.75, 3.05) is 11.9 Å². The normalized spacial score (nSPS) is 20.2. The lowest BCUT2D eigenvalue weighted by molar-refractivity contribution is 0.00578. The quantitative estimate of drug-likeness (QED) is 0.858. The second-order valence-corrected chi connectivity index (χ2v) is 6.41. The van der Waals surface area contributed by atoms with Crippen molar-refractivity contribution in [1.82, 2.24) is 4.98 Å². The Kier molecular flexibility index (Phi) is 4.12. The Morgan fingerprint density at radius 2 is 1.80 bits per heavy atom. The van der Waals surface area contributed by atoms with E-state index in [4.69, 9.17) is 9.31 Å². The molecule has 2 heterocycles. The van der Waals surface area contributed by atoms with E-state index >= 15 is 0 Å². The molecule has 1 N–H and O–H groups in total. The maximum absolute atomic E-state index is 6.15. The third-order valence-electron chi connectivity index (χ3n) is 4.24. The highest BCUT2D eigenvalue weighted by Gasteiger charge is 2.52. The van der Waals surface area contributed by atoms with Gasteiger partial charge in [0.25, 0.3) is 0 Å². The van der Waals surface area contributed by atoms with E-state index in [-0.39, 0.29) is 18.3 Å². The molecule has 1 saturated heterocycles. The van der Waals surface area contributed by atoms with Gasteiger partial charge in [0.05, 0.1) is 11.2 Å². The van der Waals surface area contributed by atoms with Gasteiger partial charge in [-0.2, -0.15) is 0 Å². The summed E-state index contributed by atoms with van der Waals surface area (Å²) in [6, 6.07) is 2.00. The minimum Gasteiger partial charge on any atom is -0.399 e. The van der Waals surface area contributed by atoms with Crippen molar-refractivity contribution in [3.05, 3.63) is 17.8 Å². The Morgan fingerprint density at radius 1 is 1.20 bits per heavy atom. The van der Waals surface area contributed by atoms with Gasteiger partial charge in [-0.1, -0.05) is 6.92 Å². The van der Waals surface area contributed by atoms with Gasteiger partial charge in [0.15, 0.2) is 0 Å². The van der Waals surface area contributed by atoms with Gasteiger partial charge in [-0.15, -0.1) is 0 Å². The van der Waals surface area contributed by atoms with Crippen LogP contribution in [-0.4, -0.2) is 29.8 Å². The molecular formula is C15H25BN2O2. The summed E-state index contributed by atoms with van der Waals surface area (Å²) in [6.45, 7) is 13.4. The first kappa shape index (κ1) is 15.3. The fourth-order valence-corrected chi connectivity index (χ4v) is 2.21. The molecule has 0 saturated carbocycles. The van der Waals surface area contributed by atoms with Crippen LogP contribution in [0.3, 0.4) is 0 Å². The maximum Gasteiger partial charge on any atom is 0.498 e. The Hall–Kier alpha value is -1.07. The smallest absolute Gasteiger partial charge is 0.399 e. The number of rotatable bonds is 4. The van der Waals surface area contributed by atoms with Crippen molar-refractivity contribution in [2.45, 2.75) is 59.2 Å². The number of pyridine rings is 1. The third-order valence-corrected chi connectivity index (χ3v) is 4.24. The predicted molar refractivity (Wildman–Crippen MR) is 83.5 cm³/mol. The molecule has 0 aromatic carbocycles. The number of hydrogen-bond acceptors (Lipinski definition) is 4. The summed E-state index contributed by atoms with van der Waals surface area (Å²) in [5.74, 6) is 0.866. The van der Waals surface area contributed by atoms with Crippen molar-refractivity contribution in [1.29, 1.82) is 0 Å². The molecule has 0 aliphatic carbocycles. The topological polar surface area (TPSA) is 43.4 Å². The highest BCUT2D eigenvalue weighted by molar-refractivity contribution is 6.64. The number of nitrogens with zero attached hydrogens (tertiary/aromatic N) is 1. The first-order valence-electron chi connectivity index (χ1n) is 7.33. The van der Waals surface area contributed by atoms with Crippen LogP contribution in [0.2, 0.25) is 0 Å². The van der Waals surface area contributed by atoms with Crippen molar-refractivity contribution in [3.63, 3.8) is 0 Å². The fraction of sp³-hybridized carbons (Fsp3) is 0.667. The van der Waals surface area contributed by atoms with Crippen LogP contribution >= 0.6 is 0 Å². The summed E-state index contributed by atoms with van der Waals surface area (Å²) in [4.78, 5) is 4.45. The molecule has 0 atom stereocenters. The number of aromatic nitrogens is 1. The first-order chi connectivity index (χ1) is 9.28. The molecule has 1 aromatic rings. The molecule has 5 heteroatoms. The van der Waals surface area contributed by atoms with E-state index in [2.05, 4.69) is 51.8 Å². The number of hydrogen-bond donors (Lipinski definition) is 1. The van der Waals surface area contributed by atoms with Gasteiger partial charge >= 0.3 is 7.12 Å². The molecule has 0 amide bonds. The Morgan fingerprint density at radius 3 is 2.35 bits per heavy atom. The van der Waals surface area contributed by atoms with Crippen molar-refractivity contribution < 1.29 is 9.31 Å². The standard InChI is InChI=1S/C15H25BN2O2/c1-7-9-17-13-12(11(2)8-10-18-13)16-19-14(3,4)15(5,6)20-16/h8,10H,7,9H2,1-6H3,(H,17,18). The van der Waals surface area contributed by atoms with Gasteiger partial charge in [-0.25, -0.2) is 4.98 Å². The average molecular weight is 276 g/mol. The molecule has 1 aliphatic rings. The monoisotopic (exact) mass is 276 g/mol. The second kappa shape index (κ2) is 5.37. The van der Waals surface area contributed by atoms with Crippen LogP contribution in [-0.2, 0) is 9.31 Å². The zero-order valence-electron chi connectivity index (χ0n) is 13.4. The highest BCUT2D eigenvalue weighted by Crippen LogP contribution is 2.37. The molecule has 0 bridgehead atoms. The molecule has 1 fully saturated rings. The highest BCUT2D eigenvalue weighted by atomic mass is 16.7. The molecular weight excluding hydrogens is 251 g/mol. The second-order valence-electron chi connectivity index (χ2n) is 6.41. The van der Waals surface area contributed by atoms with E-state index in [1.54, 1.807) is 0 Å². The molecule has 4 nitrogen and oxygen atoms in total. The Balaban J connectivity index is 2.34. The van der Waals surface area contributed by atoms with E-state index in [1.807, 2.05) is 12.3 Å². The summed E-state index contributed by atoms with van der Waals surface area (Å²) >= 11 is 0. The van der Waals surface area contributed by atoms with Crippen LogP contribution in [0.1, 0.15) is 46.6 Å². The summed E-state index contributed by atoms with van der Waals surface area (Å²) < 4.78 is 12.3. The Bertz CT molecular complexity index is 473. The van der Waals surface area contributed by atoms with E-state index < -0.39 is 0 Å². The summed E-state index contributed by atoms with van der Waals surface area (Å²) in [5, 5.41) is 3.36. The lowest BCUT2D eigenvalue weighted by atomic mass is 9.76. The lowest BCUT2D eigenvalue weighted by Gasteiger charge is -2.32. The Labute approximate surface area is 122 Å². The number of nitrogens with one attached hydrogen (secondary N) is 1. The molecule has 0 radical (unpaired) electrons. The van der Waals surface area contributed by atoms with Gasteiger partial charge in [-0.3, -0.25) is 0 Å². The molecule has 20 heavy (non-hydrogen) atoms. The van der Waals surface area contributed by atoms with Crippen LogP contribution < -0.4 is 10.8 Å². The molecule has 2 rings (SSSR count). The van der Waals surface area contributed by atoms with E-state index in [0.717, 1.165) is 29.8 Å². The van der Waals surface area contributed by atoms with Gasteiger partial charge in [-0.05, 0) is 52.7 Å². The van der Waals surface area contributed by atoms with Gasteiger partial charge in [0, 0.05) is 18.2 Å². The molecule has 0 spiro atoms. The lowest BCUT2D eigenvalue weighted by Crippen LogP contribution is -2.41. The average Bonchev–Trinajstić information content (AvgIpc) is 2.55. The minimum atomic E-state index is -0.368. The van der Waals surface area contributed by atoms with E-state index in [0.29, 0.717) is 0 Å². The van der Waals surface area contributed by atoms with Crippen molar-refractivity contribution in [3.8, 4) is 0 Å². The first-order valence-corrected chi connectivity index (χ1v) is 7.33. The molecule has 1 aliphatic heterocycles. The largest absolute Gasteiger partial charge is 0.498 e. The van der Waals surface area contributed by atoms with Gasteiger partial charge in [0.2, 0.25) is 0 Å². The maximum atomic E-state index is 6.15. The van der Waals surface area contributed by atoms with Crippen molar-refractivity contribution >= 4 is 18.4 Å². The van der Waals surface area contributed by atoms with Crippen LogP contribution in [0.25, 0.3) is 0 Å². The van der Waals surface area contributed by atoms with Gasteiger partial charge in [0.1, 0.15) is 5.82 Å². The SMILES string of the molecule is CCCNc1nccc(C)c1B1OC(C)(C)C(C)(C)O1. The van der Waals surface area contributed by atoms with Crippen molar-refractivity contribution in [2.24, 2.45) is 0 Å². The predicted octanol–water partition coefficient (Wildman–Crippen LogP) is 2.51.